The van der Waals surface area contributed by atoms with Crippen molar-refractivity contribution in [3.05, 3.63) is 0 Å². The lowest BCUT2D eigenvalue weighted by Gasteiger charge is -1.83. The molecule has 1 aromatic heterocycles. The quantitative estimate of drug-likeness (QED) is 0.398. The largest absolute Gasteiger partial charge is 0.232 e. The SMILES string of the molecule is NONn1[nH]o1. The molecule has 0 aliphatic rings. The molecule has 0 fully saturated rings. The van der Waals surface area contributed by atoms with E-state index in [2.05, 4.69) is 26.3 Å². The van der Waals surface area contributed by atoms with Crippen molar-refractivity contribution in [2.24, 2.45) is 5.90 Å². The van der Waals surface area contributed by atoms with Gasteiger partial charge >= 0.3 is 0 Å². The molecule has 0 amide bonds. The van der Waals surface area contributed by atoms with Crippen LogP contribution in [0.2, 0.25) is 0 Å². The van der Waals surface area contributed by atoms with Crippen LogP contribution in [0.3, 0.4) is 0 Å². The second-order valence-corrected chi connectivity index (χ2v) is 0.686. The van der Waals surface area contributed by atoms with Crippen molar-refractivity contribution >= 4 is 0 Å². The molecule has 6 heavy (non-hydrogen) atoms. The van der Waals surface area contributed by atoms with Crippen LogP contribution in [0.25, 0.3) is 0 Å². The van der Waals surface area contributed by atoms with Crippen molar-refractivity contribution in [1.29, 1.82) is 0 Å². The van der Waals surface area contributed by atoms with Gasteiger partial charge in [-0.05, 0) is 0 Å². The lowest BCUT2D eigenvalue weighted by Crippen LogP contribution is -2.13. The highest BCUT2D eigenvalue weighted by Gasteiger charge is 1.87. The van der Waals surface area contributed by atoms with Gasteiger partial charge in [-0.2, -0.15) is 10.8 Å². The molecule has 0 unspecified atom stereocenters. The van der Waals surface area contributed by atoms with Crippen LogP contribution in [0, 0.1) is 0 Å². The Labute approximate surface area is 32.6 Å². The van der Waals surface area contributed by atoms with Crippen molar-refractivity contribution in [1.82, 2.24) is 10.2 Å². The number of H-pyrrole nitrogens is 1. The topological polar surface area (TPSA) is 81.1 Å². The summed E-state index contributed by atoms with van der Waals surface area (Å²) in [4.78, 5) is 4.94. The fourth-order valence-electron chi connectivity index (χ4n) is 0.106. The maximum absolute atomic E-state index is 4.50. The van der Waals surface area contributed by atoms with Gasteiger partial charge in [-0.3, -0.25) is 0 Å². The summed E-state index contributed by atoms with van der Waals surface area (Å²) in [7, 11) is 0. The van der Waals surface area contributed by atoms with Gasteiger partial charge in [-0.15, -0.1) is 5.59 Å². The first-order valence-electron chi connectivity index (χ1n) is 1.27. The highest BCUT2D eigenvalue weighted by atomic mass is 16.9. The molecule has 0 radical (unpaired) electrons. The van der Waals surface area contributed by atoms with Crippen LogP contribution in [-0.4, -0.2) is 10.2 Å². The molecule has 0 aliphatic heterocycles. The summed E-state index contributed by atoms with van der Waals surface area (Å²) in [5.74, 6) is 4.50. The second-order valence-electron chi connectivity index (χ2n) is 0.686. The Morgan fingerprint density at radius 3 is 2.83 bits per heavy atom. The van der Waals surface area contributed by atoms with E-state index in [1.54, 1.807) is 0 Å². The van der Waals surface area contributed by atoms with Gasteiger partial charge in [0.05, 0.1) is 0 Å². The van der Waals surface area contributed by atoms with Gasteiger partial charge in [0.15, 0.2) is 0 Å². The fourth-order valence-corrected chi connectivity index (χ4v) is 0.106. The third-order valence-electron chi connectivity index (χ3n) is 0.318. The van der Waals surface area contributed by atoms with Crippen LogP contribution < -0.4 is 11.5 Å². The van der Waals surface area contributed by atoms with Crippen LogP contribution >= 0.6 is 0 Å². The smallest absolute Gasteiger partial charge is 0.0304 e. The first-order valence-corrected chi connectivity index (χ1v) is 1.27. The Morgan fingerprint density at radius 1 is 2.00 bits per heavy atom. The Kier molecular flexibility index (Phi) is 0.592. The maximum Gasteiger partial charge on any atom is 0.0304 e. The first kappa shape index (κ1) is 3.32. The maximum atomic E-state index is 4.50. The fraction of sp³-hybridized carbons (Fsp3) is 0. The molecule has 0 aromatic carbocycles. The molecule has 1 aromatic rings. The standard InChI is InChI=1S/H4N4O2/c1-5-2-4-3-6-4/h2-3H,1H2. The third kappa shape index (κ3) is 0.535. The van der Waals surface area contributed by atoms with Crippen molar-refractivity contribution in [3.63, 3.8) is 0 Å². The predicted molar refractivity (Wildman–Crippen MR) is 15.7 cm³/mol. The summed E-state index contributed by atoms with van der Waals surface area (Å²) in [6.07, 6.45) is 0. The molecule has 1 rings (SSSR count). The molecule has 6 nitrogen and oxygen atoms in total. The van der Waals surface area contributed by atoms with E-state index >= 15 is 0 Å². The average Bonchev–Trinajstić information content (AvgIpc) is 2.21. The predicted octanol–water partition coefficient (Wildman–Crippen LogP) is -1.24. The summed E-state index contributed by atoms with van der Waals surface area (Å²) in [6, 6.07) is 0. The van der Waals surface area contributed by atoms with E-state index in [0.717, 1.165) is 4.96 Å². The highest BCUT2D eigenvalue weighted by Crippen LogP contribution is 1.72. The van der Waals surface area contributed by atoms with Gasteiger partial charge in [0.1, 0.15) is 0 Å². The lowest BCUT2D eigenvalue weighted by molar-refractivity contribution is 0.141. The average molecular weight is 92.1 g/mol. The second kappa shape index (κ2) is 1.07. The number of aromatic nitrogens is 2. The summed E-state index contributed by atoms with van der Waals surface area (Å²) in [5.41, 5.74) is 2.10. The van der Waals surface area contributed by atoms with E-state index in [4.69, 9.17) is 0 Å². The number of nitrogens with zero attached hydrogens (tertiary/aromatic N) is 1. The summed E-state index contributed by atoms with van der Waals surface area (Å²) in [6.45, 7) is 0. The minimum atomic E-state index is 1.08. The summed E-state index contributed by atoms with van der Waals surface area (Å²) >= 11 is 0. The molecule has 6 heteroatoms. The molecule has 0 bridgehead atoms. The monoisotopic (exact) mass is 92.0 g/mol. The number of hydrogen-bond acceptors (Lipinski definition) is 4. The molecule has 0 saturated heterocycles. The van der Waals surface area contributed by atoms with Crippen LogP contribution in [0.4, 0.5) is 0 Å². The Morgan fingerprint density at radius 2 is 2.67 bits per heavy atom. The van der Waals surface area contributed by atoms with Crippen LogP contribution in [0.1, 0.15) is 0 Å². The Balaban J connectivity index is 2.09. The zero-order valence-corrected chi connectivity index (χ0v) is 2.84. The van der Waals surface area contributed by atoms with Crippen LogP contribution in [0.15, 0.2) is 4.63 Å². The van der Waals surface area contributed by atoms with Crippen molar-refractivity contribution in [2.45, 2.75) is 0 Å². The minimum Gasteiger partial charge on any atom is -0.232 e. The van der Waals surface area contributed by atoms with Crippen LogP contribution in [-0.2, 0) is 4.94 Å². The zero-order chi connectivity index (χ0) is 4.41. The highest BCUT2D eigenvalue weighted by molar-refractivity contribution is 4.21. The van der Waals surface area contributed by atoms with Crippen LogP contribution in [0.5, 0.6) is 0 Å². The van der Waals surface area contributed by atoms with Crippen molar-refractivity contribution in [3.8, 4) is 0 Å². The van der Waals surface area contributed by atoms with Crippen molar-refractivity contribution < 1.29 is 9.57 Å². The molecule has 0 spiro atoms. The van der Waals surface area contributed by atoms with E-state index in [1.165, 1.54) is 0 Å². The lowest BCUT2D eigenvalue weighted by atomic mass is 12.6. The molecule has 0 atom stereocenters. The molecule has 36 valence electrons. The number of rotatable bonds is 2. The normalized spacial score (nSPS) is 9.50. The summed E-state index contributed by atoms with van der Waals surface area (Å²) in [5, 5.41) is 2.25. The minimum absolute atomic E-state index is 1.08. The van der Waals surface area contributed by atoms with E-state index in [1.807, 2.05) is 0 Å². The number of aromatic amines is 1. The molecule has 0 saturated carbocycles. The number of nitrogens with two attached hydrogens (primary N) is 1. The van der Waals surface area contributed by atoms with Crippen molar-refractivity contribution in [2.75, 3.05) is 5.59 Å². The molecule has 1 heterocycles. The summed E-state index contributed by atoms with van der Waals surface area (Å²) < 4.78 is 4.22. The van der Waals surface area contributed by atoms with Gasteiger partial charge in [0, 0.05) is 4.96 Å². The third-order valence-corrected chi connectivity index (χ3v) is 0.318. The molecular weight excluding hydrogens is 88.0 g/mol. The van der Waals surface area contributed by atoms with Gasteiger partial charge in [-0.25, -0.2) is 4.63 Å². The number of nitrogens with one attached hydrogen (secondary N) is 2. The van der Waals surface area contributed by atoms with E-state index in [9.17, 15) is 0 Å². The van der Waals surface area contributed by atoms with Gasteiger partial charge in [-0.1, -0.05) is 5.27 Å². The first-order chi connectivity index (χ1) is 2.93. The molecule has 0 aliphatic carbocycles. The van der Waals surface area contributed by atoms with Gasteiger partial charge < -0.3 is 0 Å². The van der Waals surface area contributed by atoms with Gasteiger partial charge in [0.2, 0.25) is 0 Å². The van der Waals surface area contributed by atoms with E-state index < -0.39 is 0 Å². The number of hydrogen-bond donors (Lipinski definition) is 3. The van der Waals surface area contributed by atoms with E-state index in [-0.39, 0.29) is 0 Å². The Hall–Kier alpha value is -0.880. The van der Waals surface area contributed by atoms with Gasteiger partial charge in [0.25, 0.3) is 0 Å². The molecule has 4 N–H and O–H groups in total. The van der Waals surface area contributed by atoms with E-state index in [0.29, 0.717) is 0 Å². The Bertz CT molecular complexity index is 84.1. The molecular formula is H4N4O2. The zero-order valence-electron chi connectivity index (χ0n) is 2.84.